The molecule has 0 saturated heterocycles. The second kappa shape index (κ2) is 9.14. The van der Waals surface area contributed by atoms with Crippen LogP contribution in [0.2, 0.25) is 0 Å². The Kier molecular flexibility index (Phi) is 6.13. The van der Waals surface area contributed by atoms with Crippen molar-refractivity contribution in [2.24, 2.45) is 5.73 Å². The third-order valence-electron chi connectivity index (χ3n) is 4.83. The number of terminal acetylenes is 1. The first-order valence-electron chi connectivity index (χ1n) is 9.90. The van der Waals surface area contributed by atoms with Gasteiger partial charge in [-0.2, -0.15) is 0 Å². The number of aromatic nitrogens is 4. The number of carbonyl (C=O) groups excluding carboxylic acids is 1. The van der Waals surface area contributed by atoms with E-state index in [1.54, 1.807) is 0 Å². The van der Waals surface area contributed by atoms with Crippen molar-refractivity contribution < 1.29 is 14.3 Å². The number of hydrogen-bond acceptors (Lipinski definition) is 8. The minimum atomic E-state index is -0.287. The summed E-state index contributed by atoms with van der Waals surface area (Å²) < 4.78 is 13.3. The number of rotatable bonds is 8. The smallest absolute Gasteiger partial charge is 0.217 e. The number of hydrogen-bond donors (Lipinski definition) is 2. The topological polar surface area (TPSA) is 131 Å². The molecule has 0 fully saturated rings. The van der Waals surface area contributed by atoms with Gasteiger partial charge in [-0.15, -0.1) is 6.42 Å². The molecular formula is C21H22N6O3S. The van der Waals surface area contributed by atoms with E-state index in [0.29, 0.717) is 65.4 Å². The third-order valence-corrected chi connectivity index (χ3v) is 5.88. The van der Waals surface area contributed by atoms with E-state index in [4.69, 9.17) is 27.4 Å². The number of benzene rings is 1. The second-order valence-electron chi connectivity index (χ2n) is 6.99. The van der Waals surface area contributed by atoms with Crippen LogP contribution < -0.4 is 20.9 Å². The van der Waals surface area contributed by atoms with Gasteiger partial charge in [0.1, 0.15) is 19.5 Å². The molecule has 4 N–H and O–H groups in total. The van der Waals surface area contributed by atoms with Crippen molar-refractivity contribution >= 4 is 34.7 Å². The molecule has 0 spiro atoms. The van der Waals surface area contributed by atoms with Crippen LogP contribution in [-0.4, -0.2) is 38.6 Å². The maximum atomic E-state index is 11.0. The molecular weight excluding hydrogens is 416 g/mol. The number of carbonyl (C=O) groups is 1. The lowest BCUT2D eigenvalue weighted by Crippen LogP contribution is -2.15. The number of fused-ring (bicyclic) bond motifs is 2. The molecule has 3 aromatic rings. The van der Waals surface area contributed by atoms with Gasteiger partial charge in [0.2, 0.25) is 5.91 Å². The zero-order valence-electron chi connectivity index (χ0n) is 16.8. The van der Waals surface area contributed by atoms with Gasteiger partial charge >= 0.3 is 0 Å². The standard InChI is InChI=1S/C21H22N6O3S/c1-2-13-10-14-15(30-9-8-29-14)11-16(13)31-21-26-18-19(23)24-12-25-20(18)27(21)7-5-3-4-6-17(22)28/h1,10-12H,3-9H2,(H2,22,28)(H2,23,24,25). The summed E-state index contributed by atoms with van der Waals surface area (Å²) in [5, 5.41) is 0.699. The van der Waals surface area contributed by atoms with Crippen molar-refractivity contribution in [3.8, 4) is 23.8 Å². The number of anilines is 1. The maximum Gasteiger partial charge on any atom is 0.217 e. The van der Waals surface area contributed by atoms with Crippen LogP contribution >= 0.6 is 11.8 Å². The summed E-state index contributed by atoms with van der Waals surface area (Å²) in [6, 6.07) is 3.68. The molecule has 0 aliphatic carbocycles. The van der Waals surface area contributed by atoms with Crippen molar-refractivity contribution in [1.82, 2.24) is 19.5 Å². The Balaban J connectivity index is 1.65. The van der Waals surface area contributed by atoms with Gasteiger partial charge in [-0.1, -0.05) is 24.1 Å². The summed E-state index contributed by atoms with van der Waals surface area (Å²) in [4.78, 5) is 24.9. The quantitative estimate of drug-likeness (QED) is 0.405. The lowest BCUT2D eigenvalue weighted by Gasteiger charge is -2.19. The molecule has 1 aliphatic heterocycles. The first-order valence-corrected chi connectivity index (χ1v) is 10.7. The highest BCUT2D eigenvalue weighted by molar-refractivity contribution is 7.99. The van der Waals surface area contributed by atoms with Crippen molar-refractivity contribution in [1.29, 1.82) is 0 Å². The number of aryl methyl sites for hydroxylation is 1. The van der Waals surface area contributed by atoms with E-state index in [-0.39, 0.29) is 5.91 Å². The highest BCUT2D eigenvalue weighted by Crippen LogP contribution is 2.40. The van der Waals surface area contributed by atoms with Gasteiger partial charge in [0, 0.05) is 29.5 Å². The van der Waals surface area contributed by atoms with Gasteiger partial charge in [0.05, 0.1) is 0 Å². The largest absolute Gasteiger partial charge is 0.486 e. The van der Waals surface area contributed by atoms with Crippen LogP contribution in [0.4, 0.5) is 5.82 Å². The van der Waals surface area contributed by atoms with Crippen molar-refractivity contribution in [2.45, 2.75) is 42.3 Å². The molecule has 1 aromatic carbocycles. The number of ether oxygens (including phenoxy) is 2. The molecule has 3 heterocycles. The average Bonchev–Trinajstić information content (AvgIpc) is 3.11. The normalized spacial score (nSPS) is 12.6. The molecule has 0 saturated carbocycles. The van der Waals surface area contributed by atoms with E-state index >= 15 is 0 Å². The molecule has 1 amide bonds. The summed E-state index contributed by atoms with van der Waals surface area (Å²) >= 11 is 1.42. The predicted octanol–water partition coefficient (Wildman–Crippen LogP) is 2.36. The fraction of sp³-hybridized carbons (Fsp3) is 0.333. The van der Waals surface area contributed by atoms with E-state index in [1.165, 1.54) is 18.1 Å². The van der Waals surface area contributed by atoms with Crippen LogP contribution in [0, 0.1) is 12.3 Å². The zero-order chi connectivity index (χ0) is 21.8. The number of nitrogens with two attached hydrogens (primary N) is 2. The van der Waals surface area contributed by atoms with Crippen LogP contribution in [-0.2, 0) is 11.3 Å². The van der Waals surface area contributed by atoms with Crippen LogP contribution in [0.3, 0.4) is 0 Å². The van der Waals surface area contributed by atoms with Gasteiger partial charge in [-0.25, -0.2) is 15.0 Å². The minimum absolute atomic E-state index is 0.287. The Bertz CT molecular complexity index is 1170. The third kappa shape index (κ3) is 4.51. The number of amides is 1. The lowest BCUT2D eigenvalue weighted by atomic mass is 10.2. The summed E-state index contributed by atoms with van der Waals surface area (Å²) in [6.07, 6.45) is 9.98. The van der Waals surface area contributed by atoms with Gasteiger partial charge in [0.15, 0.2) is 33.6 Å². The first-order chi connectivity index (χ1) is 15.1. The summed E-state index contributed by atoms with van der Waals surface area (Å²) in [6.45, 7) is 1.64. The summed E-state index contributed by atoms with van der Waals surface area (Å²) in [5.74, 6) is 4.04. The number of nitrogen functional groups attached to an aromatic ring is 1. The van der Waals surface area contributed by atoms with Crippen LogP contribution in [0.1, 0.15) is 31.2 Å². The molecule has 0 unspecified atom stereocenters. The molecule has 10 heteroatoms. The molecule has 2 aromatic heterocycles. The minimum Gasteiger partial charge on any atom is -0.486 e. The zero-order valence-corrected chi connectivity index (χ0v) is 17.7. The van der Waals surface area contributed by atoms with Crippen LogP contribution in [0.5, 0.6) is 11.5 Å². The van der Waals surface area contributed by atoms with Gasteiger partial charge in [-0.3, -0.25) is 4.79 Å². The lowest BCUT2D eigenvalue weighted by molar-refractivity contribution is -0.118. The Morgan fingerprint density at radius 3 is 2.71 bits per heavy atom. The van der Waals surface area contributed by atoms with E-state index < -0.39 is 0 Å². The maximum absolute atomic E-state index is 11.0. The molecule has 0 radical (unpaired) electrons. The first kappa shape index (κ1) is 20.8. The van der Waals surface area contributed by atoms with Crippen molar-refractivity contribution in [3.63, 3.8) is 0 Å². The highest BCUT2D eigenvalue weighted by atomic mass is 32.2. The van der Waals surface area contributed by atoms with Gasteiger partial charge in [0.25, 0.3) is 0 Å². The molecule has 0 atom stereocenters. The number of nitrogens with zero attached hydrogens (tertiary/aromatic N) is 4. The molecule has 0 bridgehead atoms. The van der Waals surface area contributed by atoms with Crippen molar-refractivity contribution in [3.05, 3.63) is 24.0 Å². The van der Waals surface area contributed by atoms with E-state index in [0.717, 1.165) is 24.2 Å². The fourth-order valence-corrected chi connectivity index (χ4v) is 4.34. The molecule has 9 nitrogen and oxygen atoms in total. The fourth-order valence-electron chi connectivity index (χ4n) is 3.33. The molecule has 31 heavy (non-hydrogen) atoms. The SMILES string of the molecule is C#Cc1cc2c(cc1Sc1nc3c(N)ncnc3n1CCCCCC(N)=O)OCCO2. The Morgan fingerprint density at radius 1 is 1.19 bits per heavy atom. The monoisotopic (exact) mass is 438 g/mol. The van der Waals surface area contributed by atoms with Gasteiger partial charge < -0.3 is 25.5 Å². The van der Waals surface area contributed by atoms with E-state index in [9.17, 15) is 4.79 Å². The molecule has 1 aliphatic rings. The summed E-state index contributed by atoms with van der Waals surface area (Å²) in [7, 11) is 0. The average molecular weight is 439 g/mol. The molecule has 4 rings (SSSR count). The Morgan fingerprint density at radius 2 is 1.97 bits per heavy atom. The van der Waals surface area contributed by atoms with E-state index in [2.05, 4.69) is 20.9 Å². The highest BCUT2D eigenvalue weighted by Gasteiger charge is 2.20. The number of unbranched alkanes of at least 4 members (excludes halogenated alkanes) is 2. The van der Waals surface area contributed by atoms with Gasteiger partial charge in [-0.05, 0) is 18.9 Å². The summed E-state index contributed by atoms with van der Waals surface area (Å²) in [5.41, 5.74) is 13.1. The van der Waals surface area contributed by atoms with Crippen LogP contribution in [0.15, 0.2) is 28.5 Å². The second-order valence-corrected chi connectivity index (χ2v) is 8.00. The van der Waals surface area contributed by atoms with Crippen LogP contribution in [0.25, 0.3) is 11.2 Å². The number of imidazole rings is 1. The molecule has 160 valence electrons. The van der Waals surface area contributed by atoms with E-state index in [1.807, 2.05) is 16.7 Å². The number of primary amides is 1. The Hall–Kier alpha value is -3.45. The van der Waals surface area contributed by atoms with Crippen molar-refractivity contribution in [2.75, 3.05) is 18.9 Å². The predicted molar refractivity (Wildman–Crippen MR) is 117 cm³/mol. The Labute approximate surface area is 183 Å².